The van der Waals surface area contributed by atoms with E-state index in [4.69, 9.17) is 28.4 Å². The molecule has 2 saturated heterocycles. The minimum atomic E-state index is -1.77. The molecule has 322 valence electrons. The largest absolute Gasteiger partial charge is 0.462 e. The van der Waals surface area contributed by atoms with Gasteiger partial charge >= 0.3 is 11.9 Å². The molecule has 2 aliphatic rings. The van der Waals surface area contributed by atoms with E-state index in [-0.39, 0.29) is 19.4 Å². The molecule has 0 aromatic rings. The van der Waals surface area contributed by atoms with Crippen LogP contribution in [0.5, 0.6) is 0 Å². The van der Waals surface area contributed by atoms with E-state index < -0.39 is 99.3 Å². The van der Waals surface area contributed by atoms with Crippen LogP contribution in [0.25, 0.3) is 0 Å². The summed E-state index contributed by atoms with van der Waals surface area (Å²) >= 11 is 0. The van der Waals surface area contributed by atoms with E-state index in [1.807, 2.05) is 18.2 Å². The summed E-state index contributed by atoms with van der Waals surface area (Å²) in [7, 11) is 0. The molecule has 15 heteroatoms. The maximum absolute atomic E-state index is 12.8. The molecule has 0 bridgehead atoms. The van der Waals surface area contributed by atoms with Crippen LogP contribution < -0.4 is 0 Å². The van der Waals surface area contributed by atoms with Gasteiger partial charge in [0.1, 0.15) is 55.4 Å². The standard InChI is InChI=1S/C41H68O15/c1-3-5-7-9-11-12-13-14-15-16-18-20-22-24-33(44)54-29(26-51-32(43)23-21-19-17-10-8-6-4-2)27-52-40-39(50)37(48)35(46)31(56-40)28-53-41-38(49)36(47)34(45)30(25-42)55-41/h5,7,11-12,14-15,18,20,29-31,34-42,45-50H,3-4,6,8-10,13,16-17,19,21-28H2,1-2H3/b7-5-,12-11-,15-14-,20-18-. The van der Waals surface area contributed by atoms with Crippen LogP contribution in [0.4, 0.5) is 0 Å². The molecular formula is C41H68O15. The van der Waals surface area contributed by atoms with Gasteiger partial charge in [-0.3, -0.25) is 9.59 Å². The summed E-state index contributed by atoms with van der Waals surface area (Å²) in [5.41, 5.74) is 0. The highest BCUT2D eigenvalue weighted by Crippen LogP contribution is 2.26. The Morgan fingerprint density at radius 1 is 0.589 bits per heavy atom. The molecular weight excluding hydrogens is 732 g/mol. The fraction of sp³-hybridized carbons (Fsp3) is 0.756. The zero-order valence-corrected chi connectivity index (χ0v) is 33.1. The second-order valence-electron chi connectivity index (χ2n) is 14.1. The Labute approximate surface area is 331 Å². The molecule has 7 N–H and O–H groups in total. The van der Waals surface area contributed by atoms with Crippen LogP contribution in [-0.2, 0) is 38.0 Å². The summed E-state index contributed by atoms with van der Waals surface area (Å²) in [6, 6.07) is 0. The van der Waals surface area contributed by atoms with Crippen molar-refractivity contribution in [1.29, 1.82) is 0 Å². The van der Waals surface area contributed by atoms with E-state index >= 15 is 0 Å². The van der Waals surface area contributed by atoms with Crippen molar-refractivity contribution in [1.82, 2.24) is 0 Å². The van der Waals surface area contributed by atoms with Crippen LogP contribution in [0.3, 0.4) is 0 Å². The molecule has 11 unspecified atom stereocenters. The zero-order chi connectivity index (χ0) is 41.1. The first-order valence-electron chi connectivity index (χ1n) is 20.2. The Morgan fingerprint density at radius 3 is 1.73 bits per heavy atom. The van der Waals surface area contributed by atoms with E-state index in [2.05, 4.69) is 44.2 Å². The molecule has 2 heterocycles. The second kappa shape index (κ2) is 29.6. The monoisotopic (exact) mass is 800 g/mol. The van der Waals surface area contributed by atoms with Gasteiger partial charge in [-0.05, 0) is 38.5 Å². The first kappa shape index (κ1) is 49.6. The Balaban J connectivity index is 1.93. The van der Waals surface area contributed by atoms with Crippen molar-refractivity contribution in [2.45, 2.75) is 171 Å². The summed E-state index contributed by atoms with van der Waals surface area (Å²) < 4.78 is 33.1. The van der Waals surface area contributed by atoms with Gasteiger partial charge in [0.2, 0.25) is 0 Å². The molecule has 15 nitrogen and oxygen atoms in total. The Kier molecular flexibility index (Phi) is 26.3. The Morgan fingerprint density at radius 2 is 1.12 bits per heavy atom. The molecule has 0 spiro atoms. The number of carbonyl (C=O) groups is 2. The predicted molar refractivity (Wildman–Crippen MR) is 206 cm³/mol. The van der Waals surface area contributed by atoms with Crippen molar-refractivity contribution in [2.24, 2.45) is 0 Å². The van der Waals surface area contributed by atoms with Crippen molar-refractivity contribution < 1.29 is 73.8 Å². The van der Waals surface area contributed by atoms with Crippen LogP contribution in [0.1, 0.15) is 104 Å². The Hall–Kier alpha value is -2.54. The number of aliphatic hydroxyl groups is 7. The normalized spacial score (nSPS) is 29.2. The fourth-order valence-corrected chi connectivity index (χ4v) is 5.93. The van der Waals surface area contributed by atoms with Crippen molar-refractivity contribution in [3.05, 3.63) is 48.6 Å². The van der Waals surface area contributed by atoms with Crippen LogP contribution in [-0.4, -0.2) is 142 Å². The average molecular weight is 801 g/mol. The number of allylic oxidation sites excluding steroid dienone is 8. The van der Waals surface area contributed by atoms with Crippen molar-refractivity contribution in [2.75, 3.05) is 26.4 Å². The molecule has 2 fully saturated rings. The molecule has 0 amide bonds. The molecule has 0 aliphatic carbocycles. The third-order valence-corrected chi connectivity index (χ3v) is 9.33. The third kappa shape index (κ3) is 19.3. The molecule has 0 saturated carbocycles. The topological polar surface area (TPSA) is 231 Å². The molecule has 0 aromatic heterocycles. The predicted octanol–water partition coefficient (Wildman–Crippen LogP) is 2.81. The van der Waals surface area contributed by atoms with Crippen molar-refractivity contribution >= 4 is 11.9 Å². The fourth-order valence-electron chi connectivity index (χ4n) is 5.93. The first-order chi connectivity index (χ1) is 27.0. The highest BCUT2D eigenvalue weighted by Gasteiger charge is 2.47. The number of carbonyl (C=O) groups excluding carboxylic acids is 2. The van der Waals surface area contributed by atoms with Crippen LogP contribution in [0.2, 0.25) is 0 Å². The molecule has 56 heavy (non-hydrogen) atoms. The first-order valence-corrected chi connectivity index (χ1v) is 20.2. The van der Waals surface area contributed by atoms with E-state index in [1.54, 1.807) is 0 Å². The van der Waals surface area contributed by atoms with Crippen molar-refractivity contribution in [3.8, 4) is 0 Å². The lowest BCUT2D eigenvalue weighted by molar-refractivity contribution is -0.332. The second-order valence-corrected chi connectivity index (χ2v) is 14.1. The Bertz CT molecular complexity index is 1170. The average Bonchev–Trinajstić information content (AvgIpc) is 3.19. The lowest BCUT2D eigenvalue weighted by Gasteiger charge is -2.42. The van der Waals surface area contributed by atoms with Gasteiger partial charge in [-0.1, -0.05) is 101 Å². The van der Waals surface area contributed by atoms with Gasteiger partial charge in [0.25, 0.3) is 0 Å². The number of rotatable bonds is 28. The number of unbranched alkanes of at least 4 members (excludes halogenated alkanes) is 6. The lowest BCUT2D eigenvalue weighted by atomic mass is 9.98. The summed E-state index contributed by atoms with van der Waals surface area (Å²) in [4.78, 5) is 25.3. The summed E-state index contributed by atoms with van der Waals surface area (Å²) in [5, 5.41) is 71.5. The third-order valence-electron chi connectivity index (χ3n) is 9.33. The lowest BCUT2D eigenvalue weighted by Crippen LogP contribution is -2.61. The number of hydrogen-bond donors (Lipinski definition) is 7. The summed E-state index contributed by atoms with van der Waals surface area (Å²) in [6.07, 6.45) is 10.7. The molecule has 2 aliphatic heterocycles. The van der Waals surface area contributed by atoms with E-state index in [0.29, 0.717) is 19.3 Å². The van der Waals surface area contributed by atoms with Crippen molar-refractivity contribution in [3.63, 3.8) is 0 Å². The quantitative estimate of drug-likeness (QED) is 0.0343. The number of esters is 2. The highest BCUT2D eigenvalue weighted by molar-refractivity contribution is 5.70. The van der Waals surface area contributed by atoms with Gasteiger partial charge in [0.05, 0.1) is 19.8 Å². The van der Waals surface area contributed by atoms with E-state index in [9.17, 15) is 45.3 Å². The molecule has 2 rings (SSSR count). The molecule has 11 atom stereocenters. The number of hydrogen-bond acceptors (Lipinski definition) is 15. The smallest absolute Gasteiger partial charge is 0.306 e. The number of aliphatic hydroxyl groups excluding tert-OH is 7. The minimum Gasteiger partial charge on any atom is -0.462 e. The van der Waals surface area contributed by atoms with E-state index in [0.717, 1.165) is 51.4 Å². The van der Waals surface area contributed by atoms with Crippen LogP contribution >= 0.6 is 0 Å². The van der Waals surface area contributed by atoms with Gasteiger partial charge in [-0.25, -0.2) is 0 Å². The molecule has 0 radical (unpaired) electrons. The van der Waals surface area contributed by atoms with Crippen LogP contribution in [0.15, 0.2) is 48.6 Å². The summed E-state index contributed by atoms with van der Waals surface area (Å²) in [5.74, 6) is -1.03. The zero-order valence-electron chi connectivity index (χ0n) is 33.1. The minimum absolute atomic E-state index is 0.0432. The van der Waals surface area contributed by atoms with Gasteiger partial charge in [-0.2, -0.15) is 0 Å². The molecule has 0 aromatic carbocycles. The maximum Gasteiger partial charge on any atom is 0.306 e. The van der Waals surface area contributed by atoms with Gasteiger partial charge in [0.15, 0.2) is 18.7 Å². The van der Waals surface area contributed by atoms with Gasteiger partial charge in [0, 0.05) is 12.8 Å². The SMILES string of the molecule is CC/C=C\C/C=C\C/C=C\C/C=C\CCC(=O)OC(COC(=O)CCCCCCCCC)COC1OC(COC2OC(CO)C(O)C(O)C2O)C(O)C(O)C1O. The maximum atomic E-state index is 12.8. The summed E-state index contributed by atoms with van der Waals surface area (Å²) in [6.45, 7) is 2.28. The van der Waals surface area contributed by atoms with Gasteiger partial charge in [-0.15, -0.1) is 0 Å². The van der Waals surface area contributed by atoms with E-state index in [1.165, 1.54) is 6.42 Å². The highest BCUT2D eigenvalue weighted by atomic mass is 16.7. The van der Waals surface area contributed by atoms with Gasteiger partial charge < -0.3 is 64.2 Å². The van der Waals surface area contributed by atoms with Crippen LogP contribution in [0, 0.1) is 0 Å². The number of ether oxygens (including phenoxy) is 6.